The fourth-order valence-corrected chi connectivity index (χ4v) is 3.08. The predicted molar refractivity (Wildman–Crippen MR) is 95.6 cm³/mol. The summed E-state index contributed by atoms with van der Waals surface area (Å²) < 4.78 is 11.3. The molecule has 0 bridgehead atoms. The van der Waals surface area contributed by atoms with Gasteiger partial charge in [0.25, 0.3) is 11.8 Å². The van der Waals surface area contributed by atoms with E-state index in [0.717, 1.165) is 12.0 Å². The summed E-state index contributed by atoms with van der Waals surface area (Å²) in [5, 5.41) is 2.77. The zero-order chi connectivity index (χ0) is 18.2. The number of ether oxygens (including phenoxy) is 2. The highest BCUT2D eigenvalue weighted by Gasteiger charge is 2.21. The van der Waals surface area contributed by atoms with Crippen LogP contribution in [0.25, 0.3) is 0 Å². The van der Waals surface area contributed by atoms with Gasteiger partial charge in [-0.1, -0.05) is 25.8 Å². The molecular weight excluding hydrogens is 320 g/mol. The van der Waals surface area contributed by atoms with Crippen LogP contribution in [0.2, 0.25) is 0 Å². The van der Waals surface area contributed by atoms with Gasteiger partial charge >= 0.3 is 0 Å². The van der Waals surface area contributed by atoms with Gasteiger partial charge in [-0.25, -0.2) is 0 Å². The lowest BCUT2D eigenvalue weighted by Crippen LogP contribution is -2.34. The standard InChI is InChI=1S/C19H28N2O4/c1-13-7-8-15(19(20)23)17(11-13)25-12-18(22)21-9-10-24-16-6-4-3-5-14(16)2/h7-8,11,14,16H,3-6,9-10,12H2,1-2H3,(H2,20,23)(H,21,22). The van der Waals surface area contributed by atoms with Gasteiger partial charge in [0.05, 0.1) is 18.3 Å². The van der Waals surface area contributed by atoms with Crippen molar-refractivity contribution in [2.45, 2.75) is 45.6 Å². The first-order valence-electron chi connectivity index (χ1n) is 8.89. The van der Waals surface area contributed by atoms with Gasteiger partial charge in [0, 0.05) is 6.54 Å². The SMILES string of the molecule is Cc1ccc(C(N)=O)c(OCC(=O)NCCOC2CCCCC2C)c1. The Morgan fingerprint density at radius 2 is 2.04 bits per heavy atom. The molecule has 2 rings (SSSR count). The van der Waals surface area contributed by atoms with Gasteiger partial charge in [0.15, 0.2) is 6.61 Å². The molecule has 2 atom stereocenters. The summed E-state index contributed by atoms with van der Waals surface area (Å²) in [5.74, 6) is 0.0823. The van der Waals surface area contributed by atoms with Crippen molar-refractivity contribution in [2.24, 2.45) is 11.7 Å². The minimum absolute atomic E-state index is 0.163. The quantitative estimate of drug-likeness (QED) is 0.705. The molecule has 1 aliphatic rings. The van der Waals surface area contributed by atoms with Crippen LogP contribution in [-0.2, 0) is 9.53 Å². The van der Waals surface area contributed by atoms with Gasteiger partial charge in [-0.05, 0) is 43.4 Å². The van der Waals surface area contributed by atoms with Crippen molar-refractivity contribution in [3.63, 3.8) is 0 Å². The van der Waals surface area contributed by atoms with E-state index >= 15 is 0 Å². The third-order valence-corrected chi connectivity index (χ3v) is 4.55. The van der Waals surface area contributed by atoms with Crippen LogP contribution in [0.1, 0.15) is 48.5 Å². The maximum Gasteiger partial charge on any atom is 0.258 e. The van der Waals surface area contributed by atoms with Gasteiger partial charge in [-0.3, -0.25) is 9.59 Å². The maximum atomic E-state index is 11.9. The van der Waals surface area contributed by atoms with Gasteiger partial charge < -0.3 is 20.5 Å². The van der Waals surface area contributed by atoms with Gasteiger partial charge in [0.1, 0.15) is 5.75 Å². The molecule has 6 heteroatoms. The highest BCUT2D eigenvalue weighted by atomic mass is 16.5. The summed E-state index contributed by atoms with van der Waals surface area (Å²) in [4.78, 5) is 23.3. The minimum atomic E-state index is -0.578. The van der Waals surface area contributed by atoms with Crippen LogP contribution in [0.15, 0.2) is 18.2 Å². The third kappa shape index (κ3) is 6.05. The minimum Gasteiger partial charge on any atom is -0.483 e. The Hall–Kier alpha value is -2.08. The molecule has 0 heterocycles. The number of primary amides is 1. The van der Waals surface area contributed by atoms with E-state index in [0.29, 0.717) is 30.9 Å². The number of benzene rings is 1. The molecule has 0 spiro atoms. The molecule has 0 aliphatic heterocycles. The first-order chi connectivity index (χ1) is 12.0. The molecule has 3 N–H and O–H groups in total. The zero-order valence-electron chi connectivity index (χ0n) is 15.0. The third-order valence-electron chi connectivity index (χ3n) is 4.55. The summed E-state index contributed by atoms with van der Waals surface area (Å²) in [6, 6.07) is 5.07. The summed E-state index contributed by atoms with van der Waals surface area (Å²) >= 11 is 0. The molecule has 1 fully saturated rings. The molecule has 0 saturated heterocycles. The number of carbonyl (C=O) groups excluding carboxylic acids is 2. The second kappa shape index (κ2) is 9.42. The van der Waals surface area contributed by atoms with E-state index in [1.54, 1.807) is 18.2 Å². The molecule has 1 aromatic carbocycles. The molecule has 1 saturated carbocycles. The van der Waals surface area contributed by atoms with Crippen LogP contribution >= 0.6 is 0 Å². The van der Waals surface area contributed by atoms with Crippen LogP contribution in [0.3, 0.4) is 0 Å². The fraction of sp³-hybridized carbons (Fsp3) is 0.579. The summed E-state index contributed by atoms with van der Waals surface area (Å²) in [6.45, 7) is 4.87. The Kier molecular flexibility index (Phi) is 7.25. The smallest absolute Gasteiger partial charge is 0.258 e. The Labute approximate surface area is 149 Å². The number of amides is 2. The molecule has 2 amide bonds. The second-order valence-corrected chi connectivity index (χ2v) is 6.67. The molecule has 1 aliphatic carbocycles. The summed E-state index contributed by atoms with van der Waals surface area (Å²) in [6.07, 6.45) is 5.10. The number of carbonyl (C=O) groups is 2. The lowest BCUT2D eigenvalue weighted by molar-refractivity contribution is -0.123. The normalized spacial score (nSPS) is 20.1. The van der Waals surface area contributed by atoms with Gasteiger partial charge in [-0.15, -0.1) is 0 Å². The maximum absolute atomic E-state index is 11.9. The van der Waals surface area contributed by atoms with Crippen molar-refractivity contribution in [2.75, 3.05) is 19.8 Å². The van der Waals surface area contributed by atoms with Crippen LogP contribution < -0.4 is 15.8 Å². The lowest BCUT2D eigenvalue weighted by Gasteiger charge is -2.28. The van der Waals surface area contributed by atoms with Crippen molar-refractivity contribution < 1.29 is 19.1 Å². The number of hydrogen-bond acceptors (Lipinski definition) is 4. The molecule has 138 valence electrons. The van der Waals surface area contributed by atoms with E-state index in [-0.39, 0.29) is 18.1 Å². The number of aryl methyl sites for hydroxylation is 1. The van der Waals surface area contributed by atoms with E-state index in [1.165, 1.54) is 19.3 Å². The molecule has 1 aromatic rings. The number of hydrogen-bond donors (Lipinski definition) is 2. The van der Waals surface area contributed by atoms with Crippen LogP contribution in [-0.4, -0.2) is 37.7 Å². The van der Waals surface area contributed by atoms with E-state index in [2.05, 4.69) is 12.2 Å². The number of nitrogens with two attached hydrogens (primary N) is 1. The second-order valence-electron chi connectivity index (χ2n) is 6.67. The molecule has 0 aromatic heterocycles. The average Bonchev–Trinajstić information content (AvgIpc) is 2.58. The molecule has 25 heavy (non-hydrogen) atoms. The van der Waals surface area contributed by atoms with E-state index in [4.69, 9.17) is 15.2 Å². The number of rotatable bonds is 8. The van der Waals surface area contributed by atoms with Crippen LogP contribution in [0, 0.1) is 12.8 Å². The Morgan fingerprint density at radius 1 is 1.28 bits per heavy atom. The van der Waals surface area contributed by atoms with Crippen molar-refractivity contribution in [1.29, 1.82) is 0 Å². The first-order valence-corrected chi connectivity index (χ1v) is 8.89. The molecule has 0 radical (unpaired) electrons. The Morgan fingerprint density at radius 3 is 2.76 bits per heavy atom. The van der Waals surface area contributed by atoms with Crippen molar-refractivity contribution in [3.05, 3.63) is 29.3 Å². The van der Waals surface area contributed by atoms with Crippen molar-refractivity contribution in [1.82, 2.24) is 5.32 Å². The van der Waals surface area contributed by atoms with Crippen molar-refractivity contribution >= 4 is 11.8 Å². The monoisotopic (exact) mass is 348 g/mol. The lowest BCUT2D eigenvalue weighted by atomic mass is 9.88. The van der Waals surface area contributed by atoms with E-state index in [1.807, 2.05) is 6.92 Å². The molecular formula is C19H28N2O4. The fourth-order valence-electron chi connectivity index (χ4n) is 3.08. The highest BCUT2D eigenvalue weighted by Crippen LogP contribution is 2.26. The molecule has 6 nitrogen and oxygen atoms in total. The molecule has 2 unspecified atom stereocenters. The summed E-state index contributed by atoms with van der Waals surface area (Å²) in [7, 11) is 0. The zero-order valence-corrected chi connectivity index (χ0v) is 15.0. The Balaban J connectivity index is 1.70. The largest absolute Gasteiger partial charge is 0.483 e. The van der Waals surface area contributed by atoms with Crippen LogP contribution in [0.4, 0.5) is 0 Å². The van der Waals surface area contributed by atoms with E-state index < -0.39 is 5.91 Å². The summed E-state index contributed by atoms with van der Waals surface area (Å²) in [5.41, 5.74) is 6.51. The van der Waals surface area contributed by atoms with Gasteiger partial charge in [0.2, 0.25) is 0 Å². The van der Waals surface area contributed by atoms with E-state index in [9.17, 15) is 9.59 Å². The topological polar surface area (TPSA) is 90.7 Å². The average molecular weight is 348 g/mol. The Bertz CT molecular complexity index is 603. The van der Waals surface area contributed by atoms with Crippen molar-refractivity contribution in [3.8, 4) is 5.75 Å². The predicted octanol–water partition coefficient (Wildman–Crippen LogP) is 2.18. The van der Waals surface area contributed by atoms with Crippen LogP contribution in [0.5, 0.6) is 5.75 Å². The first kappa shape index (κ1) is 19.2. The highest BCUT2D eigenvalue weighted by molar-refractivity contribution is 5.95. The number of nitrogens with one attached hydrogen (secondary N) is 1. The van der Waals surface area contributed by atoms with Gasteiger partial charge in [-0.2, -0.15) is 0 Å².